The molecule has 1 heterocycles. The molecule has 3 aromatic rings. The molecular formula is C28H34N2O4. The van der Waals surface area contributed by atoms with Crippen LogP contribution < -0.4 is 29.2 Å². The topological polar surface area (TPSA) is 52.2 Å². The lowest BCUT2D eigenvalue weighted by atomic mass is 9.99. The lowest BCUT2D eigenvalue weighted by molar-refractivity contribution is 0.324. The molecule has 1 aliphatic rings. The summed E-state index contributed by atoms with van der Waals surface area (Å²) >= 11 is 0. The van der Waals surface area contributed by atoms with Crippen molar-refractivity contribution in [1.82, 2.24) is 5.32 Å². The van der Waals surface area contributed by atoms with Crippen LogP contribution in [0.5, 0.6) is 23.0 Å². The lowest BCUT2D eigenvalue weighted by Gasteiger charge is -2.36. The normalized spacial score (nSPS) is 13.9. The van der Waals surface area contributed by atoms with Crippen molar-refractivity contribution in [1.29, 1.82) is 0 Å². The molecule has 6 nitrogen and oxygen atoms in total. The second-order valence-corrected chi connectivity index (χ2v) is 8.42. The van der Waals surface area contributed by atoms with Gasteiger partial charge in [0.2, 0.25) is 5.75 Å². The van der Waals surface area contributed by atoms with E-state index in [9.17, 15) is 0 Å². The predicted molar refractivity (Wildman–Crippen MR) is 137 cm³/mol. The molecule has 1 aliphatic heterocycles. The zero-order valence-electron chi connectivity index (χ0n) is 20.5. The highest BCUT2D eigenvalue weighted by molar-refractivity contribution is 5.71. The molecule has 3 aromatic carbocycles. The van der Waals surface area contributed by atoms with E-state index in [2.05, 4.69) is 46.6 Å². The quantitative estimate of drug-likeness (QED) is 0.475. The molecule has 180 valence electrons. The van der Waals surface area contributed by atoms with Crippen molar-refractivity contribution in [2.45, 2.75) is 25.4 Å². The van der Waals surface area contributed by atoms with Gasteiger partial charge in [0.05, 0.1) is 28.4 Å². The van der Waals surface area contributed by atoms with Crippen LogP contribution in [0, 0.1) is 0 Å². The molecular weight excluding hydrogens is 428 g/mol. The van der Waals surface area contributed by atoms with Crippen molar-refractivity contribution in [2.75, 3.05) is 46.4 Å². The predicted octanol–water partition coefficient (Wildman–Crippen LogP) is 5.15. The van der Waals surface area contributed by atoms with Crippen LogP contribution in [0.1, 0.15) is 18.4 Å². The fourth-order valence-corrected chi connectivity index (χ4v) is 4.62. The molecule has 0 bridgehead atoms. The molecule has 6 heteroatoms. The van der Waals surface area contributed by atoms with Gasteiger partial charge < -0.3 is 29.2 Å². The summed E-state index contributed by atoms with van der Waals surface area (Å²) in [5, 5.41) is 3.48. The second-order valence-electron chi connectivity index (χ2n) is 8.42. The Balaban J connectivity index is 1.66. The van der Waals surface area contributed by atoms with Gasteiger partial charge in [-0.2, -0.15) is 0 Å². The number of benzene rings is 3. The standard InChI is InChI=1S/C28H34N2O4/c1-31-25-10-8-23(9-11-25)30(24-12-14-29-15-13-24)19-20-6-5-7-21(16-20)22-17-26(32-2)28(34-4)27(18-22)33-3/h5-11,16-18,24,29H,12-15,19H2,1-4H3. The lowest BCUT2D eigenvalue weighted by Crippen LogP contribution is -2.43. The zero-order chi connectivity index (χ0) is 23.9. The van der Waals surface area contributed by atoms with E-state index in [1.165, 1.54) is 11.3 Å². The van der Waals surface area contributed by atoms with Crippen LogP contribution in [0.15, 0.2) is 60.7 Å². The van der Waals surface area contributed by atoms with E-state index in [-0.39, 0.29) is 0 Å². The van der Waals surface area contributed by atoms with Crippen LogP contribution in [0.25, 0.3) is 11.1 Å². The monoisotopic (exact) mass is 462 g/mol. The van der Waals surface area contributed by atoms with Gasteiger partial charge in [-0.3, -0.25) is 0 Å². The number of hydrogen-bond acceptors (Lipinski definition) is 6. The van der Waals surface area contributed by atoms with Crippen molar-refractivity contribution < 1.29 is 18.9 Å². The van der Waals surface area contributed by atoms with E-state index in [1.54, 1.807) is 28.4 Å². The van der Waals surface area contributed by atoms with Crippen LogP contribution in [-0.2, 0) is 6.54 Å². The SMILES string of the molecule is COc1ccc(N(Cc2cccc(-c3cc(OC)c(OC)c(OC)c3)c2)C2CCNCC2)cc1. The van der Waals surface area contributed by atoms with Crippen molar-refractivity contribution in [2.24, 2.45) is 0 Å². The minimum atomic E-state index is 0.486. The van der Waals surface area contributed by atoms with Crippen LogP contribution in [0.2, 0.25) is 0 Å². The number of anilines is 1. The minimum Gasteiger partial charge on any atom is -0.497 e. The Labute approximate surface area is 202 Å². The molecule has 0 amide bonds. The number of rotatable bonds is 9. The van der Waals surface area contributed by atoms with E-state index in [0.717, 1.165) is 49.4 Å². The summed E-state index contributed by atoms with van der Waals surface area (Å²) in [6.45, 7) is 2.92. The van der Waals surface area contributed by atoms with Gasteiger partial charge >= 0.3 is 0 Å². The van der Waals surface area contributed by atoms with E-state index >= 15 is 0 Å². The Bertz CT molecular complexity index is 1050. The summed E-state index contributed by atoms with van der Waals surface area (Å²) in [7, 11) is 6.61. The molecule has 0 unspecified atom stereocenters. The Morgan fingerprint density at radius 2 is 1.44 bits per heavy atom. The summed E-state index contributed by atoms with van der Waals surface area (Å²) in [6, 6.07) is 21.5. The third kappa shape index (κ3) is 5.23. The number of nitrogens with zero attached hydrogens (tertiary/aromatic N) is 1. The van der Waals surface area contributed by atoms with Crippen LogP contribution >= 0.6 is 0 Å². The maximum absolute atomic E-state index is 5.56. The van der Waals surface area contributed by atoms with Gasteiger partial charge in [0.25, 0.3) is 0 Å². The molecule has 1 saturated heterocycles. The summed E-state index contributed by atoms with van der Waals surface area (Å²) in [5.74, 6) is 2.77. The highest BCUT2D eigenvalue weighted by atomic mass is 16.5. The van der Waals surface area contributed by atoms with Crippen molar-refractivity contribution >= 4 is 5.69 Å². The van der Waals surface area contributed by atoms with Gasteiger partial charge in [-0.05, 0) is 85.1 Å². The fraction of sp³-hybridized carbons (Fsp3) is 0.357. The number of nitrogens with one attached hydrogen (secondary N) is 1. The first-order valence-corrected chi connectivity index (χ1v) is 11.7. The van der Waals surface area contributed by atoms with Gasteiger partial charge in [0.15, 0.2) is 11.5 Å². The Morgan fingerprint density at radius 3 is 2.03 bits per heavy atom. The summed E-state index contributed by atoms with van der Waals surface area (Å²) in [6.07, 6.45) is 2.25. The summed E-state index contributed by atoms with van der Waals surface area (Å²) in [5.41, 5.74) is 4.59. The molecule has 0 aromatic heterocycles. The molecule has 0 saturated carbocycles. The zero-order valence-corrected chi connectivity index (χ0v) is 20.5. The third-order valence-electron chi connectivity index (χ3n) is 6.43. The van der Waals surface area contributed by atoms with E-state index < -0.39 is 0 Å². The maximum atomic E-state index is 5.56. The van der Waals surface area contributed by atoms with Crippen molar-refractivity contribution in [3.05, 3.63) is 66.2 Å². The number of ether oxygens (including phenoxy) is 4. The third-order valence-corrected chi connectivity index (χ3v) is 6.43. The molecule has 0 aliphatic carbocycles. The van der Waals surface area contributed by atoms with Crippen LogP contribution in [0.3, 0.4) is 0 Å². The first-order valence-electron chi connectivity index (χ1n) is 11.7. The highest BCUT2D eigenvalue weighted by Gasteiger charge is 2.22. The molecule has 34 heavy (non-hydrogen) atoms. The second kappa shape index (κ2) is 11.2. The summed E-state index contributed by atoms with van der Waals surface area (Å²) < 4.78 is 22.0. The number of piperidine rings is 1. The van der Waals surface area contributed by atoms with Crippen LogP contribution in [-0.4, -0.2) is 47.6 Å². The first-order chi connectivity index (χ1) is 16.7. The Kier molecular flexibility index (Phi) is 7.80. The number of methoxy groups -OCH3 is 4. The van der Waals surface area contributed by atoms with Gasteiger partial charge in [0.1, 0.15) is 5.75 Å². The molecule has 0 atom stereocenters. The van der Waals surface area contributed by atoms with Crippen molar-refractivity contribution in [3.8, 4) is 34.1 Å². The molecule has 4 rings (SSSR count). The van der Waals surface area contributed by atoms with Crippen LogP contribution in [0.4, 0.5) is 5.69 Å². The maximum Gasteiger partial charge on any atom is 0.203 e. The first kappa shape index (κ1) is 23.8. The smallest absolute Gasteiger partial charge is 0.203 e. The molecule has 1 fully saturated rings. The van der Waals surface area contributed by atoms with E-state index in [4.69, 9.17) is 18.9 Å². The van der Waals surface area contributed by atoms with Crippen molar-refractivity contribution in [3.63, 3.8) is 0 Å². The molecule has 0 spiro atoms. The average molecular weight is 463 g/mol. The molecule has 1 N–H and O–H groups in total. The fourth-order valence-electron chi connectivity index (χ4n) is 4.62. The number of hydrogen-bond donors (Lipinski definition) is 1. The minimum absolute atomic E-state index is 0.486. The van der Waals surface area contributed by atoms with E-state index in [1.807, 2.05) is 24.3 Å². The van der Waals surface area contributed by atoms with Gasteiger partial charge in [-0.15, -0.1) is 0 Å². The van der Waals surface area contributed by atoms with Gasteiger partial charge in [0, 0.05) is 18.3 Å². The van der Waals surface area contributed by atoms with Gasteiger partial charge in [-0.25, -0.2) is 0 Å². The Morgan fingerprint density at radius 1 is 0.765 bits per heavy atom. The largest absolute Gasteiger partial charge is 0.497 e. The van der Waals surface area contributed by atoms with Gasteiger partial charge in [-0.1, -0.05) is 18.2 Å². The average Bonchev–Trinajstić information content (AvgIpc) is 2.91. The molecule has 0 radical (unpaired) electrons. The summed E-state index contributed by atoms with van der Waals surface area (Å²) in [4.78, 5) is 2.52. The highest BCUT2D eigenvalue weighted by Crippen LogP contribution is 2.41. The van der Waals surface area contributed by atoms with E-state index in [0.29, 0.717) is 23.3 Å². The Hall–Kier alpha value is -3.38.